The van der Waals surface area contributed by atoms with Crippen LogP contribution in [0.1, 0.15) is 27.2 Å². The molecular formula is C16H29N3OSi. The average molecular weight is 308 g/mol. The zero-order valence-electron chi connectivity index (χ0n) is 14.1. The molecule has 0 aromatic carbocycles. The molecule has 0 spiro atoms. The normalized spacial score (nSPS) is 20.0. The van der Waals surface area contributed by atoms with E-state index in [4.69, 9.17) is 9.42 Å². The molecule has 1 saturated heterocycles. The van der Waals surface area contributed by atoms with Gasteiger partial charge in [-0.25, -0.2) is 4.99 Å². The summed E-state index contributed by atoms with van der Waals surface area (Å²) in [6.07, 6.45) is 7.40. The van der Waals surface area contributed by atoms with Crippen molar-refractivity contribution in [1.82, 2.24) is 10.2 Å². The largest absolute Gasteiger partial charge is 0.413 e. The molecule has 118 valence electrons. The third-order valence-electron chi connectivity index (χ3n) is 4.62. The van der Waals surface area contributed by atoms with Crippen LogP contribution in [0.3, 0.4) is 0 Å². The van der Waals surface area contributed by atoms with Crippen LogP contribution < -0.4 is 5.32 Å². The van der Waals surface area contributed by atoms with Crippen LogP contribution in [-0.4, -0.2) is 45.3 Å². The smallest absolute Gasteiger partial charge is 0.192 e. The first kappa shape index (κ1) is 16.3. The molecule has 1 fully saturated rings. The van der Waals surface area contributed by atoms with Gasteiger partial charge in [0, 0.05) is 19.3 Å². The Hall–Kier alpha value is -1.07. The highest BCUT2D eigenvalue weighted by Crippen LogP contribution is 2.36. The van der Waals surface area contributed by atoms with Gasteiger partial charge in [-0.3, -0.25) is 0 Å². The lowest BCUT2D eigenvalue weighted by atomic mass is 10.2. The fourth-order valence-electron chi connectivity index (χ4n) is 1.95. The van der Waals surface area contributed by atoms with Crippen molar-refractivity contribution in [2.45, 2.75) is 45.3 Å². The second-order valence-electron chi connectivity index (χ2n) is 7.29. The molecule has 0 radical (unpaired) electrons. The van der Waals surface area contributed by atoms with E-state index >= 15 is 0 Å². The summed E-state index contributed by atoms with van der Waals surface area (Å²) in [7, 11) is -1.65. The maximum absolute atomic E-state index is 6.14. The molecule has 0 atom stereocenters. The number of allylic oxidation sites excluding steroid dienone is 1. The molecule has 21 heavy (non-hydrogen) atoms. The summed E-state index contributed by atoms with van der Waals surface area (Å²) in [6.45, 7) is 15.2. The van der Waals surface area contributed by atoms with E-state index in [1.54, 1.807) is 0 Å². The molecular weight excluding hydrogens is 278 g/mol. The van der Waals surface area contributed by atoms with Gasteiger partial charge in [-0.15, -0.1) is 0 Å². The van der Waals surface area contributed by atoms with Gasteiger partial charge in [0.2, 0.25) is 0 Å². The van der Waals surface area contributed by atoms with Crippen LogP contribution in [0.4, 0.5) is 0 Å². The Morgan fingerprint density at radius 1 is 1.38 bits per heavy atom. The molecule has 0 bridgehead atoms. The summed E-state index contributed by atoms with van der Waals surface area (Å²) < 4.78 is 6.14. The second kappa shape index (κ2) is 6.36. The van der Waals surface area contributed by atoms with E-state index in [9.17, 15) is 0 Å². The minimum Gasteiger partial charge on any atom is -0.413 e. The minimum atomic E-state index is -1.65. The summed E-state index contributed by atoms with van der Waals surface area (Å²) >= 11 is 0. The predicted octanol–water partition coefficient (Wildman–Crippen LogP) is 3.11. The number of nitrogens with zero attached hydrogens (tertiary/aromatic N) is 2. The molecule has 5 heteroatoms. The third kappa shape index (κ3) is 4.20. The van der Waals surface area contributed by atoms with Crippen LogP contribution in [0, 0.1) is 0 Å². The Bertz CT molecular complexity index is 457. The molecule has 2 aliphatic heterocycles. The molecule has 0 aromatic heterocycles. The van der Waals surface area contributed by atoms with Gasteiger partial charge in [-0.2, -0.15) is 0 Å². The average Bonchev–Trinajstić information content (AvgIpc) is 2.32. The van der Waals surface area contributed by atoms with Crippen LogP contribution in [0.25, 0.3) is 0 Å². The molecule has 0 amide bonds. The monoisotopic (exact) mass is 307 g/mol. The highest BCUT2D eigenvalue weighted by atomic mass is 28.4. The van der Waals surface area contributed by atoms with Gasteiger partial charge in [0.05, 0.1) is 18.8 Å². The van der Waals surface area contributed by atoms with E-state index in [1.807, 2.05) is 6.20 Å². The van der Waals surface area contributed by atoms with Gasteiger partial charge in [-0.05, 0) is 30.6 Å². The van der Waals surface area contributed by atoms with Crippen LogP contribution >= 0.6 is 0 Å². The first-order valence-corrected chi connectivity index (χ1v) is 10.8. The lowest BCUT2D eigenvalue weighted by Gasteiger charge is -2.35. The SMILES string of the molecule is CC(C)(C)[Si](C)(C)OC/C=C/C1=CNCC(N2CCC2)=N1. The van der Waals surface area contributed by atoms with Crippen molar-refractivity contribution in [3.63, 3.8) is 0 Å². The van der Waals surface area contributed by atoms with Crippen LogP contribution in [0.5, 0.6) is 0 Å². The fraction of sp³-hybridized carbons (Fsp3) is 0.688. The zero-order chi connectivity index (χ0) is 15.5. The lowest BCUT2D eigenvalue weighted by Crippen LogP contribution is -2.46. The molecule has 2 aliphatic rings. The summed E-state index contributed by atoms with van der Waals surface area (Å²) in [6, 6.07) is 0. The Balaban J connectivity index is 1.84. The van der Waals surface area contributed by atoms with Crippen molar-refractivity contribution in [2.75, 3.05) is 26.2 Å². The van der Waals surface area contributed by atoms with Gasteiger partial charge < -0.3 is 14.6 Å². The van der Waals surface area contributed by atoms with Crippen molar-refractivity contribution in [3.8, 4) is 0 Å². The topological polar surface area (TPSA) is 36.9 Å². The highest BCUT2D eigenvalue weighted by molar-refractivity contribution is 6.74. The van der Waals surface area contributed by atoms with E-state index in [1.165, 1.54) is 6.42 Å². The fourth-order valence-corrected chi connectivity index (χ4v) is 2.90. The second-order valence-corrected chi connectivity index (χ2v) is 12.1. The molecule has 4 nitrogen and oxygen atoms in total. The maximum atomic E-state index is 6.14. The van der Waals surface area contributed by atoms with E-state index < -0.39 is 8.32 Å². The van der Waals surface area contributed by atoms with Gasteiger partial charge in [0.15, 0.2) is 8.32 Å². The molecule has 0 aromatic rings. The highest BCUT2D eigenvalue weighted by Gasteiger charge is 2.36. The lowest BCUT2D eigenvalue weighted by molar-refractivity contribution is 0.294. The number of aliphatic imine (C=N–C) groups is 1. The van der Waals surface area contributed by atoms with Crippen molar-refractivity contribution in [2.24, 2.45) is 4.99 Å². The molecule has 2 heterocycles. The minimum absolute atomic E-state index is 0.259. The van der Waals surface area contributed by atoms with E-state index in [2.05, 4.69) is 56.2 Å². The molecule has 0 unspecified atom stereocenters. The number of nitrogens with one attached hydrogen (secondary N) is 1. The van der Waals surface area contributed by atoms with E-state index in [0.29, 0.717) is 6.61 Å². The molecule has 2 rings (SSSR count). The summed E-state index contributed by atoms with van der Waals surface area (Å²) in [5.74, 6) is 1.16. The van der Waals surface area contributed by atoms with Crippen LogP contribution in [0.2, 0.25) is 18.1 Å². The molecule has 1 N–H and O–H groups in total. The molecule has 0 saturated carbocycles. The summed E-state index contributed by atoms with van der Waals surface area (Å²) in [5.41, 5.74) is 0.988. The summed E-state index contributed by atoms with van der Waals surface area (Å²) in [4.78, 5) is 7.03. The van der Waals surface area contributed by atoms with Gasteiger partial charge in [-0.1, -0.05) is 26.8 Å². The zero-order valence-corrected chi connectivity index (χ0v) is 15.1. The van der Waals surface area contributed by atoms with Crippen molar-refractivity contribution < 1.29 is 4.43 Å². The quantitative estimate of drug-likeness (QED) is 0.811. The van der Waals surface area contributed by atoms with Crippen molar-refractivity contribution in [1.29, 1.82) is 0 Å². The molecule has 0 aliphatic carbocycles. The number of amidine groups is 1. The van der Waals surface area contributed by atoms with E-state index in [0.717, 1.165) is 31.2 Å². The van der Waals surface area contributed by atoms with Gasteiger partial charge in [0.1, 0.15) is 5.84 Å². The van der Waals surface area contributed by atoms with E-state index in [-0.39, 0.29) is 5.04 Å². The van der Waals surface area contributed by atoms with Crippen molar-refractivity contribution in [3.05, 3.63) is 24.0 Å². The Morgan fingerprint density at radius 2 is 2.10 bits per heavy atom. The first-order chi connectivity index (χ1) is 9.79. The summed E-state index contributed by atoms with van der Waals surface area (Å²) in [5, 5.41) is 3.56. The Kier molecular flexibility index (Phi) is 4.94. The van der Waals surface area contributed by atoms with Gasteiger partial charge in [0.25, 0.3) is 0 Å². The van der Waals surface area contributed by atoms with Crippen LogP contribution in [-0.2, 0) is 4.43 Å². The first-order valence-electron chi connectivity index (χ1n) is 7.86. The number of hydrogen-bond donors (Lipinski definition) is 1. The number of rotatable bonds is 4. The number of likely N-dealkylation sites (tertiary alicyclic amines) is 1. The Morgan fingerprint density at radius 3 is 2.67 bits per heavy atom. The maximum Gasteiger partial charge on any atom is 0.192 e. The van der Waals surface area contributed by atoms with Gasteiger partial charge >= 0.3 is 0 Å². The Labute approximate surface area is 130 Å². The predicted molar refractivity (Wildman–Crippen MR) is 92.0 cm³/mol. The third-order valence-corrected chi connectivity index (χ3v) is 9.13. The standard InChI is InChI=1S/C16H29N3OSi/c1-16(2,3)21(4,5)20-11-6-8-14-12-17-13-15(18-14)19-9-7-10-19/h6,8,12,17H,7,9-11,13H2,1-5H3/b8-6+. The number of hydrogen-bond acceptors (Lipinski definition) is 4. The van der Waals surface area contributed by atoms with Crippen molar-refractivity contribution >= 4 is 14.2 Å². The van der Waals surface area contributed by atoms with Crippen LogP contribution in [0.15, 0.2) is 29.0 Å².